The summed E-state index contributed by atoms with van der Waals surface area (Å²) in [5.74, 6) is 0.330. The van der Waals surface area contributed by atoms with E-state index in [1.165, 1.54) is 20.3 Å². The lowest BCUT2D eigenvalue weighted by Gasteiger charge is -2.10. The van der Waals surface area contributed by atoms with E-state index in [4.69, 9.17) is 15.2 Å². The standard InChI is InChI=1S/C14H16N4O3/c1-8-9(5-4-6-10(8)15)13(19)18-14-16-11(20-2)7-12(17-14)21-3/h4-7H,15H2,1-3H3,(H,16,17,18,19). The molecule has 2 rings (SSSR count). The molecular weight excluding hydrogens is 272 g/mol. The first-order valence-electron chi connectivity index (χ1n) is 6.18. The molecule has 0 fully saturated rings. The van der Waals surface area contributed by atoms with Gasteiger partial charge in [-0.3, -0.25) is 10.1 Å². The third-order valence-electron chi connectivity index (χ3n) is 2.94. The Balaban J connectivity index is 2.29. The SMILES string of the molecule is COc1cc(OC)nc(NC(=O)c2cccc(N)c2C)n1. The average Bonchev–Trinajstić information content (AvgIpc) is 2.49. The van der Waals surface area contributed by atoms with E-state index in [-0.39, 0.29) is 11.9 Å². The minimum absolute atomic E-state index is 0.0954. The highest BCUT2D eigenvalue weighted by atomic mass is 16.5. The van der Waals surface area contributed by atoms with Crippen LogP contribution in [-0.4, -0.2) is 30.1 Å². The molecule has 1 heterocycles. The Morgan fingerprint density at radius 2 is 1.81 bits per heavy atom. The van der Waals surface area contributed by atoms with Crippen molar-refractivity contribution in [1.82, 2.24) is 9.97 Å². The van der Waals surface area contributed by atoms with Crippen molar-refractivity contribution in [1.29, 1.82) is 0 Å². The van der Waals surface area contributed by atoms with E-state index >= 15 is 0 Å². The number of amides is 1. The number of benzene rings is 1. The van der Waals surface area contributed by atoms with Crippen LogP contribution in [0.15, 0.2) is 24.3 Å². The molecule has 7 nitrogen and oxygen atoms in total. The second kappa shape index (κ2) is 6.08. The van der Waals surface area contributed by atoms with Crippen molar-refractivity contribution in [2.75, 3.05) is 25.3 Å². The van der Waals surface area contributed by atoms with Crippen LogP contribution in [-0.2, 0) is 0 Å². The zero-order valence-corrected chi connectivity index (χ0v) is 12.0. The van der Waals surface area contributed by atoms with Gasteiger partial charge in [-0.2, -0.15) is 9.97 Å². The van der Waals surface area contributed by atoms with Gasteiger partial charge in [-0.05, 0) is 24.6 Å². The Bertz CT molecular complexity index is 651. The number of ether oxygens (including phenoxy) is 2. The number of hydrogen-bond acceptors (Lipinski definition) is 6. The smallest absolute Gasteiger partial charge is 0.258 e. The fraction of sp³-hybridized carbons (Fsp3) is 0.214. The minimum Gasteiger partial charge on any atom is -0.481 e. The molecule has 0 aliphatic carbocycles. The monoisotopic (exact) mass is 288 g/mol. The topological polar surface area (TPSA) is 99.4 Å². The van der Waals surface area contributed by atoms with Gasteiger partial charge in [0.2, 0.25) is 17.7 Å². The first-order chi connectivity index (χ1) is 10.0. The van der Waals surface area contributed by atoms with Gasteiger partial charge in [0, 0.05) is 11.3 Å². The summed E-state index contributed by atoms with van der Waals surface area (Å²) < 4.78 is 10.1. The minimum atomic E-state index is -0.352. The Morgan fingerprint density at radius 1 is 1.19 bits per heavy atom. The predicted molar refractivity (Wildman–Crippen MR) is 78.7 cm³/mol. The molecule has 0 atom stereocenters. The van der Waals surface area contributed by atoms with E-state index in [9.17, 15) is 4.79 Å². The van der Waals surface area contributed by atoms with Gasteiger partial charge in [-0.25, -0.2) is 0 Å². The van der Waals surface area contributed by atoms with Gasteiger partial charge in [0.05, 0.1) is 20.3 Å². The van der Waals surface area contributed by atoms with E-state index in [0.717, 1.165) is 0 Å². The molecule has 1 aromatic heterocycles. The summed E-state index contributed by atoms with van der Waals surface area (Å²) in [5.41, 5.74) is 7.50. The van der Waals surface area contributed by atoms with Crippen LogP contribution >= 0.6 is 0 Å². The second-order valence-electron chi connectivity index (χ2n) is 4.25. The van der Waals surface area contributed by atoms with Gasteiger partial charge in [-0.1, -0.05) is 6.07 Å². The summed E-state index contributed by atoms with van der Waals surface area (Å²) >= 11 is 0. The summed E-state index contributed by atoms with van der Waals surface area (Å²) in [6.07, 6.45) is 0. The van der Waals surface area contributed by atoms with Crippen LogP contribution in [0.1, 0.15) is 15.9 Å². The van der Waals surface area contributed by atoms with E-state index < -0.39 is 0 Å². The summed E-state index contributed by atoms with van der Waals surface area (Å²) in [7, 11) is 2.94. The van der Waals surface area contributed by atoms with Crippen LogP contribution in [0.25, 0.3) is 0 Å². The zero-order valence-electron chi connectivity index (χ0n) is 12.0. The molecule has 0 saturated carbocycles. The average molecular weight is 288 g/mol. The quantitative estimate of drug-likeness (QED) is 0.830. The number of nitrogens with two attached hydrogens (primary N) is 1. The number of aromatic nitrogens is 2. The number of anilines is 2. The van der Waals surface area contributed by atoms with Gasteiger partial charge in [0.25, 0.3) is 5.91 Å². The van der Waals surface area contributed by atoms with Crippen molar-refractivity contribution in [3.8, 4) is 11.8 Å². The Kier molecular flexibility index (Phi) is 4.22. The van der Waals surface area contributed by atoms with Gasteiger partial charge in [-0.15, -0.1) is 0 Å². The first kappa shape index (κ1) is 14.6. The van der Waals surface area contributed by atoms with E-state index in [2.05, 4.69) is 15.3 Å². The van der Waals surface area contributed by atoms with E-state index in [0.29, 0.717) is 28.6 Å². The fourth-order valence-corrected chi connectivity index (χ4v) is 1.74. The molecule has 0 aliphatic rings. The molecule has 1 aromatic carbocycles. The Morgan fingerprint density at radius 3 is 2.38 bits per heavy atom. The molecule has 0 spiro atoms. The van der Waals surface area contributed by atoms with Crippen molar-refractivity contribution >= 4 is 17.5 Å². The molecule has 3 N–H and O–H groups in total. The number of nitrogens with zero attached hydrogens (tertiary/aromatic N) is 2. The van der Waals surface area contributed by atoms with Crippen LogP contribution < -0.4 is 20.5 Å². The van der Waals surface area contributed by atoms with E-state index in [1.54, 1.807) is 25.1 Å². The van der Waals surface area contributed by atoms with Crippen LogP contribution in [0.2, 0.25) is 0 Å². The van der Waals surface area contributed by atoms with Crippen LogP contribution in [0, 0.1) is 6.92 Å². The Labute approximate surface area is 122 Å². The summed E-state index contributed by atoms with van der Waals surface area (Å²) in [6, 6.07) is 6.64. The van der Waals surface area contributed by atoms with Gasteiger partial charge >= 0.3 is 0 Å². The summed E-state index contributed by atoms with van der Waals surface area (Å²) in [6.45, 7) is 1.78. The highest BCUT2D eigenvalue weighted by molar-refractivity contribution is 6.05. The molecule has 0 saturated heterocycles. The van der Waals surface area contributed by atoms with E-state index in [1.807, 2.05) is 0 Å². The number of carbonyl (C=O) groups excluding carboxylic acids is 1. The predicted octanol–water partition coefficient (Wildman–Crippen LogP) is 1.64. The highest BCUT2D eigenvalue weighted by Gasteiger charge is 2.13. The maximum Gasteiger partial charge on any atom is 0.258 e. The van der Waals surface area contributed by atoms with Crippen molar-refractivity contribution < 1.29 is 14.3 Å². The number of carbonyl (C=O) groups is 1. The van der Waals surface area contributed by atoms with Gasteiger partial charge < -0.3 is 15.2 Å². The number of rotatable bonds is 4. The largest absolute Gasteiger partial charge is 0.481 e. The highest BCUT2D eigenvalue weighted by Crippen LogP contribution is 2.19. The molecule has 7 heteroatoms. The summed E-state index contributed by atoms with van der Waals surface area (Å²) in [5, 5.41) is 2.60. The number of methoxy groups -OCH3 is 2. The maximum atomic E-state index is 12.3. The van der Waals surface area contributed by atoms with Crippen molar-refractivity contribution in [3.63, 3.8) is 0 Å². The van der Waals surface area contributed by atoms with Crippen molar-refractivity contribution in [2.45, 2.75) is 6.92 Å². The number of hydrogen-bond donors (Lipinski definition) is 2. The normalized spacial score (nSPS) is 10.0. The molecule has 0 unspecified atom stereocenters. The molecule has 1 amide bonds. The fourth-order valence-electron chi connectivity index (χ4n) is 1.74. The molecule has 0 radical (unpaired) electrons. The lowest BCUT2D eigenvalue weighted by atomic mass is 10.1. The number of nitrogen functional groups attached to an aromatic ring is 1. The molecule has 0 aliphatic heterocycles. The second-order valence-corrected chi connectivity index (χ2v) is 4.25. The maximum absolute atomic E-state index is 12.3. The van der Waals surface area contributed by atoms with Gasteiger partial charge in [0.15, 0.2) is 0 Å². The van der Waals surface area contributed by atoms with Crippen molar-refractivity contribution in [2.24, 2.45) is 0 Å². The van der Waals surface area contributed by atoms with Gasteiger partial charge in [0.1, 0.15) is 0 Å². The third-order valence-corrected chi connectivity index (χ3v) is 2.94. The van der Waals surface area contributed by atoms with Crippen LogP contribution in [0.4, 0.5) is 11.6 Å². The molecule has 0 bridgehead atoms. The van der Waals surface area contributed by atoms with Crippen LogP contribution in [0.5, 0.6) is 11.8 Å². The molecule has 110 valence electrons. The summed E-state index contributed by atoms with van der Waals surface area (Å²) in [4.78, 5) is 20.3. The zero-order chi connectivity index (χ0) is 15.4. The lowest BCUT2D eigenvalue weighted by Crippen LogP contribution is -2.16. The number of nitrogens with one attached hydrogen (secondary N) is 1. The molecule has 2 aromatic rings. The molecular formula is C14H16N4O3. The molecule has 21 heavy (non-hydrogen) atoms. The lowest BCUT2D eigenvalue weighted by molar-refractivity contribution is 0.102. The third kappa shape index (κ3) is 3.19. The Hall–Kier alpha value is -2.83. The first-order valence-corrected chi connectivity index (χ1v) is 6.18. The van der Waals surface area contributed by atoms with Crippen molar-refractivity contribution in [3.05, 3.63) is 35.4 Å². The van der Waals surface area contributed by atoms with Crippen LogP contribution in [0.3, 0.4) is 0 Å².